The standard InChI is InChI=1S/C13H21N2O4P/c1-11(9-16)15-20(17,10-18-12(2)8-14)19-13-6-4-3-5-7-13/h3-7,9,11-12H,8,10,14H2,1-2H3,(H,15,17)/t11-,12+,20?/m0/s1. The number of aldehydes is 1. The number of rotatable bonds is 9. The van der Waals surface area contributed by atoms with Gasteiger partial charge in [0.25, 0.3) is 0 Å². The summed E-state index contributed by atoms with van der Waals surface area (Å²) in [5, 5.41) is 2.67. The van der Waals surface area contributed by atoms with Gasteiger partial charge >= 0.3 is 7.52 Å². The predicted molar refractivity (Wildman–Crippen MR) is 77.8 cm³/mol. The Morgan fingerprint density at radius 2 is 2.00 bits per heavy atom. The molecular weight excluding hydrogens is 279 g/mol. The Hall–Kier alpha value is -1.20. The van der Waals surface area contributed by atoms with E-state index in [1.54, 1.807) is 38.1 Å². The lowest BCUT2D eigenvalue weighted by atomic mass is 10.3. The van der Waals surface area contributed by atoms with Crippen molar-refractivity contribution in [1.29, 1.82) is 0 Å². The first kappa shape index (κ1) is 16.9. The molecule has 0 aliphatic rings. The van der Waals surface area contributed by atoms with Gasteiger partial charge in [-0.2, -0.15) is 0 Å². The largest absolute Gasteiger partial charge is 0.431 e. The second-order valence-electron chi connectivity index (χ2n) is 4.47. The average Bonchev–Trinajstić information content (AvgIpc) is 2.45. The number of hydrogen-bond acceptors (Lipinski definition) is 5. The smallest absolute Gasteiger partial charge is 0.342 e. The molecule has 0 amide bonds. The number of carbonyl (C=O) groups excluding carboxylic acids is 1. The zero-order valence-corrected chi connectivity index (χ0v) is 12.6. The second kappa shape index (κ2) is 8.17. The third-order valence-corrected chi connectivity index (χ3v) is 4.26. The van der Waals surface area contributed by atoms with Crippen molar-refractivity contribution >= 4 is 13.8 Å². The average molecular weight is 300 g/mol. The monoisotopic (exact) mass is 300 g/mol. The molecule has 0 saturated heterocycles. The summed E-state index contributed by atoms with van der Waals surface area (Å²) in [6.45, 7) is 3.69. The molecule has 1 unspecified atom stereocenters. The van der Waals surface area contributed by atoms with Crippen molar-refractivity contribution < 1.29 is 18.6 Å². The highest BCUT2D eigenvalue weighted by atomic mass is 31.2. The van der Waals surface area contributed by atoms with Gasteiger partial charge in [-0.1, -0.05) is 18.2 Å². The van der Waals surface area contributed by atoms with Crippen LogP contribution >= 0.6 is 7.52 Å². The Bertz CT molecular complexity index is 455. The van der Waals surface area contributed by atoms with Crippen LogP contribution in [-0.4, -0.2) is 31.3 Å². The van der Waals surface area contributed by atoms with Crippen LogP contribution in [0, 0.1) is 0 Å². The molecule has 1 rings (SSSR count). The van der Waals surface area contributed by atoms with Gasteiger partial charge in [0.15, 0.2) is 0 Å². The lowest BCUT2D eigenvalue weighted by molar-refractivity contribution is -0.108. The molecule has 0 aromatic heterocycles. The zero-order chi connectivity index (χ0) is 15.0. The van der Waals surface area contributed by atoms with Crippen LogP contribution in [0.3, 0.4) is 0 Å². The topological polar surface area (TPSA) is 90.6 Å². The minimum Gasteiger partial charge on any atom is -0.431 e. The van der Waals surface area contributed by atoms with Crippen molar-refractivity contribution in [3.8, 4) is 5.75 Å². The maximum absolute atomic E-state index is 12.7. The third kappa shape index (κ3) is 5.84. The fraction of sp³-hybridized carbons (Fsp3) is 0.462. The number of ether oxygens (including phenoxy) is 1. The van der Waals surface area contributed by atoms with Gasteiger partial charge in [-0.25, -0.2) is 5.09 Å². The van der Waals surface area contributed by atoms with E-state index in [-0.39, 0.29) is 12.5 Å². The Labute approximate surface area is 119 Å². The molecule has 3 N–H and O–H groups in total. The van der Waals surface area contributed by atoms with E-state index >= 15 is 0 Å². The SMILES string of the molecule is C[C@H](CN)OCP(=O)(N[C@@H](C)C=O)Oc1ccccc1. The van der Waals surface area contributed by atoms with Crippen molar-refractivity contribution in [1.82, 2.24) is 5.09 Å². The van der Waals surface area contributed by atoms with Crippen molar-refractivity contribution in [2.75, 3.05) is 12.9 Å². The molecule has 0 heterocycles. The van der Waals surface area contributed by atoms with Gasteiger partial charge in [0, 0.05) is 6.54 Å². The van der Waals surface area contributed by atoms with Gasteiger partial charge < -0.3 is 19.8 Å². The fourth-order valence-corrected chi connectivity index (χ4v) is 3.15. The van der Waals surface area contributed by atoms with E-state index in [0.29, 0.717) is 18.6 Å². The quantitative estimate of drug-likeness (QED) is 0.533. The van der Waals surface area contributed by atoms with Crippen LogP contribution in [0.1, 0.15) is 13.8 Å². The first-order valence-corrected chi connectivity index (χ1v) is 8.18. The molecule has 1 aromatic carbocycles. The normalized spacial score (nSPS) is 16.9. The van der Waals surface area contributed by atoms with Crippen LogP contribution in [0.2, 0.25) is 0 Å². The number of benzene rings is 1. The molecule has 20 heavy (non-hydrogen) atoms. The fourth-order valence-electron chi connectivity index (χ4n) is 1.38. The van der Waals surface area contributed by atoms with Crippen molar-refractivity contribution in [3.05, 3.63) is 30.3 Å². The summed E-state index contributed by atoms with van der Waals surface area (Å²) in [5.41, 5.74) is 5.45. The molecule has 7 heteroatoms. The molecule has 0 bridgehead atoms. The van der Waals surface area contributed by atoms with Crippen LogP contribution in [0.5, 0.6) is 5.75 Å². The molecule has 3 atom stereocenters. The Morgan fingerprint density at radius 3 is 2.55 bits per heavy atom. The predicted octanol–water partition coefficient (Wildman–Crippen LogP) is 1.76. The van der Waals surface area contributed by atoms with Gasteiger partial charge in [0.1, 0.15) is 18.4 Å². The van der Waals surface area contributed by atoms with Gasteiger partial charge in [0.05, 0.1) is 12.1 Å². The molecule has 112 valence electrons. The van der Waals surface area contributed by atoms with E-state index in [2.05, 4.69) is 5.09 Å². The summed E-state index contributed by atoms with van der Waals surface area (Å²) < 4.78 is 23.6. The Balaban J connectivity index is 2.77. The summed E-state index contributed by atoms with van der Waals surface area (Å²) >= 11 is 0. The van der Waals surface area contributed by atoms with E-state index < -0.39 is 13.6 Å². The highest BCUT2D eigenvalue weighted by Crippen LogP contribution is 2.43. The highest BCUT2D eigenvalue weighted by molar-refractivity contribution is 7.57. The molecule has 0 radical (unpaired) electrons. The number of para-hydroxylation sites is 1. The summed E-state index contributed by atoms with van der Waals surface area (Å²) in [6, 6.07) is 8.14. The van der Waals surface area contributed by atoms with Crippen LogP contribution in [0.4, 0.5) is 0 Å². The molecule has 6 nitrogen and oxygen atoms in total. The Kier molecular flexibility index (Phi) is 6.88. The van der Waals surface area contributed by atoms with Crippen LogP contribution in [0.25, 0.3) is 0 Å². The molecule has 0 aliphatic heterocycles. The molecule has 0 aliphatic carbocycles. The van der Waals surface area contributed by atoms with Gasteiger partial charge in [-0.15, -0.1) is 0 Å². The van der Waals surface area contributed by atoms with Crippen molar-refractivity contribution in [2.45, 2.75) is 26.0 Å². The first-order chi connectivity index (χ1) is 9.49. The summed E-state index contributed by atoms with van der Waals surface area (Å²) in [6.07, 6.45) is 0.266. The van der Waals surface area contributed by atoms with E-state index in [9.17, 15) is 9.36 Å². The lowest BCUT2D eigenvalue weighted by Gasteiger charge is -2.23. The van der Waals surface area contributed by atoms with Gasteiger partial charge in [-0.05, 0) is 26.0 Å². The van der Waals surface area contributed by atoms with E-state index in [0.717, 1.165) is 0 Å². The van der Waals surface area contributed by atoms with E-state index in [1.807, 2.05) is 6.07 Å². The molecule has 0 spiro atoms. The molecule has 0 saturated carbocycles. The Morgan fingerprint density at radius 1 is 1.35 bits per heavy atom. The highest BCUT2D eigenvalue weighted by Gasteiger charge is 2.28. The summed E-state index contributed by atoms with van der Waals surface area (Å²) in [5.74, 6) is 0.449. The maximum atomic E-state index is 12.7. The summed E-state index contributed by atoms with van der Waals surface area (Å²) in [7, 11) is -3.34. The third-order valence-electron chi connectivity index (χ3n) is 2.46. The molecular formula is C13H21N2O4P. The van der Waals surface area contributed by atoms with Crippen molar-refractivity contribution in [2.24, 2.45) is 5.73 Å². The number of hydrogen-bond donors (Lipinski definition) is 2. The minimum absolute atomic E-state index is 0.154. The van der Waals surface area contributed by atoms with Gasteiger partial charge in [0.2, 0.25) is 0 Å². The first-order valence-electron chi connectivity index (χ1n) is 6.37. The molecule has 1 aromatic rings. The molecule has 0 fully saturated rings. The number of nitrogens with two attached hydrogens (primary N) is 1. The van der Waals surface area contributed by atoms with Crippen LogP contribution < -0.4 is 15.3 Å². The van der Waals surface area contributed by atoms with Gasteiger partial charge in [-0.3, -0.25) is 4.57 Å². The number of nitrogens with one attached hydrogen (secondary N) is 1. The van der Waals surface area contributed by atoms with Crippen LogP contribution in [0.15, 0.2) is 30.3 Å². The lowest BCUT2D eigenvalue weighted by Crippen LogP contribution is -2.30. The maximum Gasteiger partial charge on any atom is 0.342 e. The summed E-state index contributed by atoms with van der Waals surface area (Å²) in [4.78, 5) is 10.7. The van der Waals surface area contributed by atoms with E-state index in [1.165, 1.54) is 0 Å². The number of carbonyl (C=O) groups is 1. The second-order valence-corrected chi connectivity index (χ2v) is 6.52. The van der Waals surface area contributed by atoms with E-state index in [4.69, 9.17) is 15.0 Å². The van der Waals surface area contributed by atoms with Crippen LogP contribution in [-0.2, 0) is 14.1 Å². The van der Waals surface area contributed by atoms with Crippen molar-refractivity contribution in [3.63, 3.8) is 0 Å². The zero-order valence-electron chi connectivity index (χ0n) is 11.7. The minimum atomic E-state index is -3.34.